The van der Waals surface area contributed by atoms with Crippen LogP contribution in [0.3, 0.4) is 0 Å². The van der Waals surface area contributed by atoms with Crippen molar-refractivity contribution >= 4 is 5.97 Å². The minimum Gasteiger partial charge on any atom is -0.464 e. The van der Waals surface area contributed by atoms with Gasteiger partial charge in [-0.2, -0.15) is 0 Å². The van der Waals surface area contributed by atoms with Crippen molar-refractivity contribution in [1.29, 1.82) is 0 Å². The Balaban J connectivity index is 2.84. The Morgan fingerprint density at radius 1 is 1.41 bits per heavy atom. The lowest BCUT2D eigenvalue weighted by molar-refractivity contribution is -0.153. The minimum absolute atomic E-state index is 0.0379. The van der Waals surface area contributed by atoms with Crippen LogP contribution in [0.4, 0.5) is 13.2 Å². The molecular formula is C11H11F3O3. The smallest absolute Gasteiger partial charge is 0.343 e. The second kappa shape index (κ2) is 5.67. The average molecular weight is 248 g/mol. The molecule has 0 aliphatic carbocycles. The highest BCUT2D eigenvalue weighted by atomic mass is 19.2. The molecule has 17 heavy (non-hydrogen) atoms. The number of rotatable bonds is 4. The molecule has 0 saturated heterocycles. The topological polar surface area (TPSA) is 46.5 Å². The second-order valence-corrected chi connectivity index (χ2v) is 3.27. The van der Waals surface area contributed by atoms with Crippen LogP contribution in [0.1, 0.15) is 18.6 Å². The number of aliphatic hydroxyl groups excluding tert-OH is 1. The molecule has 2 unspecified atom stereocenters. The van der Waals surface area contributed by atoms with Gasteiger partial charge in [0.15, 0.2) is 11.6 Å². The molecule has 3 nitrogen and oxygen atoms in total. The zero-order valence-electron chi connectivity index (χ0n) is 8.99. The van der Waals surface area contributed by atoms with Crippen LogP contribution in [0.15, 0.2) is 18.2 Å². The van der Waals surface area contributed by atoms with Crippen LogP contribution in [-0.4, -0.2) is 23.9 Å². The van der Waals surface area contributed by atoms with E-state index in [1.165, 1.54) is 6.92 Å². The van der Waals surface area contributed by atoms with Crippen LogP contribution >= 0.6 is 0 Å². The van der Waals surface area contributed by atoms with Gasteiger partial charge in [0.1, 0.15) is 6.10 Å². The quantitative estimate of drug-likeness (QED) is 0.828. The molecule has 0 fully saturated rings. The number of halogens is 3. The molecule has 0 aromatic heterocycles. The summed E-state index contributed by atoms with van der Waals surface area (Å²) in [6.07, 6.45) is -4.22. The number of carbonyl (C=O) groups is 1. The highest BCUT2D eigenvalue weighted by Gasteiger charge is 2.29. The summed E-state index contributed by atoms with van der Waals surface area (Å²) in [5, 5.41) is 9.44. The number of ether oxygens (including phenoxy) is 1. The standard InChI is InChI=1S/C11H11F3O3/c1-2-17-11(16)9(14)10(15)6-3-4-7(12)8(13)5-6/h3-5,9-10,15H,2H2,1H3. The molecule has 1 aromatic carbocycles. The Bertz CT molecular complexity index is 409. The lowest BCUT2D eigenvalue weighted by Gasteiger charge is -2.14. The molecule has 0 aliphatic rings. The molecule has 1 rings (SSSR count). The fourth-order valence-corrected chi connectivity index (χ4v) is 1.22. The summed E-state index contributed by atoms with van der Waals surface area (Å²) in [6, 6.07) is 2.37. The van der Waals surface area contributed by atoms with Crippen molar-refractivity contribution in [3.05, 3.63) is 35.4 Å². The molecule has 94 valence electrons. The summed E-state index contributed by atoms with van der Waals surface area (Å²) in [5.41, 5.74) is -0.232. The van der Waals surface area contributed by atoms with E-state index in [9.17, 15) is 23.1 Å². The molecule has 1 aromatic rings. The number of esters is 1. The predicted octanol–water partition coefficient (Wildman–Crippen LogP) is 1.90. The largest absolute Gasteiger partial charge is 0.464 e. The van der Waals surface area contributed by atoms with Crippen LogP contribution in [-0.2, 0) is 9.53 Å². The van der Waals surface area contributed by atoms with E-state index in [0.29, 0.717) is 6.07 Å². The molecule has 6 heteroatoms. The fraction of sp³-hybridized carbons (Fsp3) is 0.364. The molecule has 2 atom stereocenters. The third-order valence-corrected chi connectivity index (χ3v) is 2.07. The number of hydrogen-bond donors (Lipinski definition) is 1. The van der Waals surface area contributed by atoms with Gasteiger partial charge in [0, 0.05) is 0 Å². The van der Waals surface area contributed by atoms with E-state index in [-0.39, 0.29) is 12.2 Å². The molecule has 0 spiro atoms. The Kier molecular flexibility index (Phi) is 4.51. The first-order chi connectivity index (χ1) is 7.97. The van der Waals surface area contributed by atoms with Gasteiger partial charge in [-0.25, -0.2) is 18.0 Å². The number of hydrogen-bond acceptors (Lipinski definition) is 3. The lowest BCUT2D eigenvalue weighted by atomic mass is 10.1. The van der Waals surface area contributed by atoms with Gasteiger partial charge in [-0.1, -0.05) is 6.07 Å². The van der Waals surface area contributed by atoms with Gasteiger partial charge in [0.05, 0.1) is 6.61 Å². The number of aliphatic hydroxyl groups is 1. The highest BCUT2D eigenvalue weighted by molar-refractivity contribution is 5.75. The normalized spacial score (nSPS) is 14.2. The Labute approximate surface area is 95.8 Å². The Morgan fingerprint density at radius 3 is 2.59 bits per heavy atom. The third-order valence-electron chi connectivity index (χ3n) is 2.07. The van der Waals surface area contributed by atoms with Crippen LogP contribution in [0.25, 0.3) is 0 Å². The molecule has 0 bridgehead atoms. The molecule has 0 heterocycles. The first-order valence-electron chi connectivity index (χ1n) is 4.91. The van der Waals surface area contributed by atoms with E-state index in [4.69, 9.17) is 0 Å². The van der Waals surface area contributed by atoms with Gasteiger partial charge >= 0.3 is 5.97 Å². The summed E-state index contributed by atoms with van der Waals surface area (Å²) in [6.45, 7) is 1.44. The third kappa shape index (κ3) is 3.20. The average Bonchev–Trinajstić information content (AvgIpc) is 2.31. The van der Waals surface area contributed by atoms with Gasteiger partial charge < -0.3 is 9.84 Å². The molecule has 0 amide bonds. The van der Waals surface area contributed by atoms with Gasteiger partial charge in [0.2, 0.25) is 6.17 Å². The Morgan fingerprint density at radius 2 is 2.06 bits per heavy atom. The molecular weight excluding hydrogens is 237 g/mol. The van der Waals surface area contributed by atoms with Gasteiger partial charge in [0.25, 0.3) is 0 Å². The van der Waals surface area contributed by atoms with Crippen LogP contribution < -0.4 is 0 Å². The number of alkyl halides is 1. The van der Waals surface area contributed by atoms with Crippen molar-refractivity contribution in [3.63, 3.8) is 0 Å². The molecule has 0 aliphatic heterocycles. The molecule has 0 saturated carbocycles. The minimum atomic E-state index is -2.33. The summed E-state index contributed by atoms with van der Waals surface area (Å²) >= 11 is 0. The summed E-state index contributed by atoms with van der Waals surface area (Å²) in [7, 11) is 0. The number of benzene rings is 1. The fourth-order valence-electron chi connectivity index (χ4n) is 1.22. The van der Waals surface area contributed by atoms with E-state index >= 15 is 0 Å². The van der Waals surface area contributed by atoms with Crippen molar-refractivity contribution in [2.75, 3.05) is 6.61 Å². The molecule has 1 N–H and O–H groups in total. The maximum atomic E-state index is 13.4. The van der Waals surface area contributed by atoms with Gasteiger partial charge in [-0.05, 0) is 24.6 Å². The zero-order valence-corrected chi connectivity index (χ0v) is 8.99. The van der Waals surface area contributed by atoms with E-state index in [1.807, 2.05) is 0 Å². The monoisotopic (exact) mass is 248 g/mol. The van der Waals surface area contributed by atoms with Crippen molar-refractivity contribution < 1.29 is 27.8 Å². The number of carbonyl (C=O) groups excluding carboxylic acids is 1. The summed E-state index contributed by atoms with van der Waals surface area (Å²) < 4.78 is 43.1. The van der Waals surface area contributed by atoms with Crippen molar-refractivity contribution in [2.45, 2.75) is 19.2 Å². The second-order valence-electron chi connectivity index (χ2n) is 3.27. The SMILES string of the molecule is CCOC(=O)C(F)C(O)c1ccc(F)c(F)c1. The van der Waals surface area contributed by atoms with E-state index in [1.54, 1.807) is 0 Å². The first-order valence-corrected chi connectivity index (χ1v) is 4.91. The molecule has 0 radical (unpaired) electrons. The first kappa shape index (κ1) is 13.5. The van der Waals surface area contributed by atoms with E-state index in [0.717, 1.165) is 12.1 Å². The maximum Gasteiger partial charge on any atom is 0.343 e. The van der Waals surface area contributed by atoms with Crippen LogP contribution in [0.2, 0.25) is 0 Å². The summed E-state index contributed by atoms with van der Waals surface area (Å²) in [4.78, 5) is 11.0. The maximum absolute atomic E-state index is 13.4. The Hall–Kier alpha value is -1.56. The van der Waals surface area contributed by atoms with Crippen molar-refractivity contribution in [1.82, 2.24) is 0 Å². The van der Waals surface area contributed by atoms with E-state index < -0.39 is 29.9 Å². The van der Waals surface area contributed by atoms with Crippen molar-refractivity contribution in [3.8, 4) is 0 Å². The van der Waals surface area contributed by atoms with Gasteiger partial charge in [-0.3, -0.25) is 0 Å². The van der Waals surface area contributed by atoms with Gasteiger partial charge in [-0.15, -0.1) is 0 Å². The van der Waals surface area contributed by atoms with Crippen LogP contribution in [0, 0.1) is 11.6 Å². The lowest BCUT2D eigenvalue weighted by Crippen LogP contribution is -2.26. The zero-order chi connectivity index (χ0) is 13.0. The van der Waals surface area contributed by atoms with Crippen molar-refractivity contribution in [2.24, 2.45) is 0 Å². The van der Waals surface area contributed by atoms with E-state index in [2.05, 4.69) is 4.74 Å². The highest BCUT2D eigenvalue weighted by Crippen LogP contribution is 2.22. The van der Waals surface area contributed by atoms with Crippen LogP contribution in [0.5, 0.6) is 0 Å². The predicted molar refractivity (Wildman–Crippen MR) is 52.8 cm³/mol. The summed E-state index contributed by atoms with van der Waals surface area (Å²) in [5.74, 6) is -3.59.